The lowest BCUT2D eigenvalue weighted by Crippen LogP contribution is -2.25. The van der Waals surface area contributed by atoms with Crippen molar-refractivity contribution in [2.75, 3.05) is 0 Å². The Hall–Kier alpha value is -2.58. The summed E-state index contributed by atoms with van der Waals surface area (Å²) in [5.41, 5.74) is 2.97. The quantitative estimate of drug-likeness (QED) is 0.474. The number of nitrogens with zero attached hydrogens (tertiary/aromatic N) is 2. The van der Waals surface area contributed by atoms with E-state index in [-0.39, 0.29) is 5.69 Å². The molecule has 0 radical (unpaired) electrons. The van der Waals surface area contributed by atoms with Gasteiger partial charge < -0.3 is 5.11 Å². The molecule has 1 amide bonds. The third kappa shape index (κ3) is 4.44. The van der Waals surface area contributed by atoms with Gasteiger partial charge in [0.1, 0.15) is 0 Å². The van der Waals surface area contributed by atoms with Crippen LogP contribution in [0, 0.1) is 10.1 Å². The topological polar surface area (TPSA) is 105 Å². The number of hydrogen-bond acceptors (Lipinski definition) is 5. The first kappa shape index (κ1) is 16.8. The standard InChI is InChI=1S/C15H12BrN3O4/c16-12-7-6-10(8-13(12)19(22)23)9-17-18-15(21)14(20)11-4-2-1-3-5-11/h1-9,14,20H,(H,18,21). The van der Waals surface area contributed by atoms with Gasteiger partial charge in [0.2, 0.25) is 0 Å². The molecule has 1 unspecified atom stereocenters. The number of benzene rings is 2. The summed E-state index contributed by atoms with van der Waals surface area (Å²) in [5.74, 6) is -0.695. The van der Waals surface area contributed by atoms with Gasteiger partial charge in [-0.25, -0.2) is 5.43 Å². The highest BCUT2D eigenvalue weighted by Crippen LogP contribution is 2.24. The minimum absolute atomic E-state index is 0.107. The van der Waals surface area contributed by atoms with Crippen LogP contribution in [-0.4, -0.2) is 22.2 Å². The highest BCUT2D eigenvalue weighted by Gasteiger charge is 2.16. The monoisotopic (exact) mass is 377 g/mol. The van der Waals surface area contributed by atoms with Crippen LogP contribution in [0.4, 0.5) is 5.69 Å². The Morgan fingerprint density at radius 2 is 2.00 bits per heavy atom. The maximum atomic E-state index is 11.8. The summed E-state index contributed by atoms with van der Waals surface area (Å²) in [4.78, 5) is 22.1. The number of nitro benzene ring substituents is 1. The molecule has 0 aliphatic rings. The molecule has 23 heavy (non-hydrogen) atoms. The van der Waals surface area contributed by atoms with Crippen molar-refractivity contribution in [3.05, 3.63) is 74.2 Å². The molecule has 118 valence electrons. The van der Waals surface area contributed by atoms with Gasteiger partial charge in [0.05, 0.1) is 15.6 Å². The Morgan fingerprint density at radius 3 is 2.65 bits per heavy atom. The van der Waals surface area contributed by atoms with E-state index in [1.54, 1.807) is 36.4 Å². The number of hydrogen-bond donors (Lipinski definition) is 2. The van der Waals surface area contributed by atoms with Crippen molar-refractivity contribution < 1.29 is 14.8 Å². The smallest absolute Gasteiger partial charge is 0.284 e. The predicted octanol–water partition coefficient (Wildman–Crippen LogP) is 2.54. The Labute approximate surface area is 139 Å². The van der Waals surface area contributed by atoms with Crippen molar-refractivity contribution >= 4 is 33.7 Å². The third-order valence-electron chi connectivity index (χ3n) is 2.92. The van der Waals surface area contributed by atoms with Crippen molar-refractivity contribution in [1.82, 2.24) is 5.43 Å². The molecule has 0 fully saturated rings. The second-order valence-electron chi connectivity index (χ2n) is 4.52. The van der Waals surface area contributed by atoms with Crippen molar-refractivity contribution in [3.63, 3.8) is 0 Å². The van der Waals surface area contributed by atoms with Crippen molar-refractivity contribution in [1.29, 1.82) is 0 Å². The van der Waals surface area contributed by atoms with E-state index < -0.39 is 16.9 Å². The zero-order valence-corrected chi connectivity index (χ0v) is 13.3. The molecule has 8 heteroatoms. The van der Waals surface area contributed by atoms with Gasteiger partial charge in [-0.1, -0.05) is 36.4 Å². The molecule has 2 aromatic carbocycles. The lowest BCUT2D eigenvalue weighted by molar-refractivity contribution is -0.385. The Balaban J connectivity index is 2.03. The van der Waals surface area contributed by atoms with Crippen LogP contribution >= 0.6 is 15.9 Å². The molecule has 1 atom stereocenters. The van der Waals surface area contributed by atoms with Crippen LogP contribution in [-0.2, 0) is 4.79 Å². The number of nitro groups is 1. The fraction of sp³-hybridized carbons (Fsp3) is 0.0667. The molecule has 7 nitrogen and oxygen atoms in total. The number of rotatable bonds is 5. The highest BCUT2D eigenvalue weighted by molar-refractivity contribution is 9.10. The van der Waals surface area contributed by atoms with Gasteiger partial charge in [-0.2, -0.15) is 5.10 Å². The van der Waals surface area contributed by atoms with Crippen molar-refractivity contribution in [2.45, 2.75) is 6.10 Å². The molecule has 0 aliphatic carbocycles. The lowest BCUT2D eigenvalue weighted by atomic mass is 10.1. The number of amides is 1. The maximum absolute atomic E-state index is 11.8. The van der Waals surface area contributed by atoms with Crippen molar-refractivity contribution in [2.24, 2.45) is 5.10 Å². The molecule has 0 aliphatic heterocycles. The van der Waals surface area contributed by atoms with E-state index in [4.69, 9.17) is 0 Å². The Morgan fingerprint density at radius 1 is 1.30 bits per heavy atom. The number of carbonyl (C=O) groups is 1. The average Bonchev–Trinajstić information content (AvgIpc) is 2.56. The van der Waals surface area contributed by atoms with E-state index in [0.717, 1.165) is 0 Å². The van der Waals surface area contributed by atoms with E-state index in [0.29, 0.717) is 15.6 Å². The first-order valence-electron chi connectivity index (χ1n) is 6.49. The van der Waals surface area contributed by atoms with E-state index in [2.05, 4.69) is 26.5 Å². The summed E-state index contributed by atoms with van der Waals surface area (Å²) in [6, 6.07) is 12.8. The molecule has 0 saturated heterocycles. The molecule has 0 saturated carbocycles. The van der Waals surface area contributed by atoms with Crippen LogP contribution in [0.1, 0.15) is 17.2 Å². The first-order chi connectivity index (χ1) is 11.0. The molecule has 0 heterocycles. The maximum Gasteiger partial charge on any atom is 0.284 e. The summed E-state index contributed by atoms with van der Waals surface area (Å²) in [7, 11) is 0. The number of halogens is 1. The molecular formula is C15H12BrN3O4. The van der Waals surface area contributed by atoms with Crippen LogP contribution in [0.2, 0.25) is 0 Å². The molecule has 0 spiro atoms. The van der Waals surface area contributed by atoms with Crippen LogP contribution < -0.4 is 5.43 Å². The number of aliphatic hydroxyl groups is 1. The Kier molecular flexibility index (Phi) is 5.56. The number of nitrogens with one attached hydrogen (secondary N) is 1. The largest absolute Gasteiger partial charge is 0.378 e. The van der Waals surface area contributed by atoms with Crippen molar-refractivity contribution in [3.8, 4) is 0 Å². The minimum Gasteiger partial charge on any atom is -0.378 e. The first-order valence-corrected chi connectivity index (χ1v) is 7.28. The second-order valence-corrected chi connectivity index (χ2v) is 5.37. The summed E-state index contributed by atoms with van der Waals surface area (Å²) in [5, 5.41) is 24.4. The lowest BCUT2D eigenvalue weighted by Gasteiger charge is -2.08. The third-order valence-corrected chi connectivity index (χ3v) is 3.59. The number of aliphatic hydroxyl groups excluding tert-OH is 1. The summed E-state index contributed by atoms with van der Waals surface area (Å²) >= 11 is 3.08. The molecule has 0 bridgehead atoms. The SMILES string of the molecule is O=C(NN=Cc1ccc(Br)c([N+](=O)[O-])c1)C(O)c1ccccc1. The molecule has 2 rings (SSSR count). The van der Waals surface area contributed by atoms with Gasteiger partial charge in [-0.15, -0.1) is 0 Å². The van der Waals surface area contributed by atoms with Crippen LogP contribution in [0.25, 0.3) is 0 Å². The van der Waals surface area contributed by atoms with Crippen LogP contribution in [0.5, 0.6) is 0 Å². The van der Waals surface area contributed by atoms with Crippen LogP contribution in [0.15, 0.2) is 58.1 Å². The average molecular weight is 378 g/mol. The molecule has 2 aromatic rings. The van der Waals surface area contributed by atoms with Gasteiger partial charge >= 0.3 is 0 Å². The predicted molar refractivity (Wildman–Crippen MR) is 87.9 cm³/mol. The normalized spacial score (nSPS) is 12.1. The zero-order valence-electron chi connectivity index (χ0n) is 11.7. The second kappa shape index (κ2) is 7.61. The minimum atomic E-state index is -1.34. The van der Waals surface area contributed by atoms with E-state index in [1.807, 2.05) is 0 Å². The fourth-order valence-electron chi connectivity index (χ4n) is 1.77. The molecular weight excluding hydrogens is 366 g/mol. The van der Waals surface area contributed by atoms with Gasteiger partial charge in [0, 0.05) is 11.6 Å². The Bertz CT molecular complexity index is 750. The number of carbonyl (C=O) groups excluding carboxylic acids is 1. The van der Waals surface area contributed by atoms with Gasteiger partial charge in [-0.3, -0.25) is 14.9 Å². The van der Waals surface area contributed by atoms with E-state index >= 15 is 0 Å². The van der Waals surface area contributed by atoms with E-state index in [9.17, 15) is 20.0 Å². The van der Waals surface area contributed by atoms with E-state index in [1.165, 1.54) is 18.3 Å². The summed E-state index contributed by atoms with van der Waals surface area (Å²) in [6.07, 6.45) is -0.0812. The zero-order chi connectivity index (χ0) is 16.8. The van der Waals surface area contributed by atoms with Gasteiger partial charge in [0.25, 0.3) is 11.6 Å². The van der Waals surface area contributed by atoms with Gasteiger partial charge in [-0.05, 0) is 27.6 Å². The summed E-state index contributed by atoms with van der Waals surface area (Å²) < 4.78 is 0.350. The molecule has 0 aromatic heterocycles. The summed E-state index contributed by atoms with van der Waals surface area (Å²) in [6.45, 7) is 0. The fourth-order valence-corrected chi connectivity index (χ4v) is 2.16. The van der Waals surface area contributed by atoms with Crippen LogP contribution in [0.3, 0.4) is 0 Å². The number of hydrazone groups is 1. The van der Waals surface area contributed by atoms with Gasteiger partial charge in [0.15, 0.2) is 6.10 Å². The highest BCUT2D eigenvalue weighted by atomic mass is 79.9. The molecule has 2 N–H and O–H groups in total.